The van der Waals surface area contributed by atoms with Gasteiger partial charge in [0, 0.05) is 37.3 Å². The van der Waals surface area contributed by atoms with Crippen molar-refractivity contribution in [1.82, 2.24) is 20.6 Å². The zero-order valence-electron chi connectivity index (χ0n) is 15.8. The Hall–Kier alpha value is -2.96. The maximum Gasteiger partial charge on any atom is 0.315 e. The van der Waals surface area contributed by atoms with Gasteiger partial charge in [0.1, 0.15) is 5.82 Å². The Morgan fingerprint density at radius 2 is 1.82 bits per heavy atom. The average molecular weight is 382 g/mol. The van der Waals surface area contributed by atoms with Gasteiger partial charge < -0.3 is 15.7 Å². The van der Waals surface area contributed by atoms with Crippen LogP contribution in [0.4, 0.5) is 4.79 Å². The predicted octanol–water partition coefficient (Wildman–Crippen LogP) is 2.67. The van der Waals surface area contributed by atoms with Gasteiger partial charge in [0.2, 0.25) is 0 Å². The van der Waals surface area contributed by atoms with E-state index in [0.29, 0.717) is 31.7 Å². The van der Waals surface area contributed by atoms with Gasteiger partial charge in [-0.05, 0) is 43.2 Å². The van der Waals surface area contributed by atoms with Gasteiger partial charge in [-0.15, -0.1) is 0 Å². The molecule has 28 heavy (non-hydrogen) atoms. The van der Waals surface area contributed by atoms with E-state index in [1.165, 1.54) is 12.8 Å². The summed E-state index contributed by atoms with van der Waals surface area (Å²) in [6.07, 6.45) is 7.64. The number of carbonyl (C=O) groups is 2. The van der Waals surface area contributed by atoms with Gasteiger partial charge in [-0.1, -0.05) is 30.3 Å². The highest BCUT2D eigenvalue weighted by molar-refractivity contribution is 5.74. The molecule has 3 N–H and O–H groups in total. The summed E-state index contributed by atoms with van der Waals surface area (Å²) in [7, 11) is 0. The number of rotatable bonds is 10. The number of carbonyl (C=O) groups excluding carboxylic acids is 1. The SMILES string of the molecule is O=C(O)CCC(Cc1ccccc1)NC(=O)NCCc1cnc(C2CC2)nc1. The van der Waals surface area contributed by atoms with E-state index in [9.17, 15) is 9.59 Å². The third-order valence-electron chi connectivity index (χ3n) is 4.73. The molecule has 7 heteroatoms. The van der Waals surface area contributed by atoms with E-state index in [1.54, 1.807) is 0 Å². The van der Waals surface area contributed by atoms with Crippen LogP contribution in [0.3, 0.4) is 0 Å². The van der Waals surface area contributed by atoms with Gasteiger partial charge in [0.25, 0.3) is 0 Å². The number of nitrogens with one attached hydrogen (secondary N) is 2. The number of amides is 2. The molecule has 148 valence electrons. The highest BCUT2D eigenvalue weighted by atomic mass is 16.4. The second kappa shape index (κ2) is 9.82. The summed E-state index contributed by atoms with van der Waals surface area (Å²) < 4.78 is 0. The quantitative estimate of drug-likeness (QED) is 0.586. The Morgan fingerprint density at radius 1 is 1.11 bits per heavy atom. The molecule has 0 spiro atoms. The fraction of sp³-hybridized carbons (Fsp3) is 0.429. The van der Waals surface area contributed by atoms with Crippen molar-refractivity contribution in [2.24, 2.45) is 0 Å². The number of carboxylic acid groups (broad SMARTS) is 1. The van der Waals surface area contributed by atoms with E-state index in [4.69, 9.17) is 5.11 Å². The summed E-state index contributed by atoms with van der Waals surface area (Å²) in [5, 5.41) is 14.7. The van der Waals surface area contributed by atoms with Crippen LogP contribution in [-0.2, 0) is 17.6 Å². The Bertz CT molecular complexity index is 776. The van der Waals surface area contributed by atoms with Crippen LogP contribution in [-0.4, -0.2) is 39.7 Å². The molecule has 0 bridgehead atoms. The van der Waals surface area contributed by atoms with Crippen molar-refractivity contribution in [3.05, 3.63) is 59.7 Å². The maximum atomic E-state index is 12.2. The molecule has 0 aliphatic heterocycles. The first kappa shape index (κ1) is 19.8. The minimum absolute atomic E-state index is 0.0163. The number of aromatic nitrogens is 2. The lowest BCUT2D eigenvalue weighted by atomic mass is 10.0. The lowest BCUT2D eigenvalue weighted by molar-refractivity contribution is -0.137. The summed E-state index contributed by atoms with van der Waals surface area (Å²) in [6, 6.07) is 9.20. The molecule has 1 aromatic carbocycles. The van der Waals surface area contributed by atoms with Crippen LogP contribution >= 0.6 is 0 Å². The van der Waals surface area contributed by atoms with Crippen LogP contribution in [0.15, 0.2) is 42.7 Å². The van der Waals surface area contributed by atoms with Crippen LogP contribution < -0.4 is 10.6 Å². The molecule has 0 saturated heterocycles. The van der Waals surface area contributed by atoms with Crippen molar-refractivity contribution in [3.8, 4) is 0 Å². The zero-order valence-corrected chi connectivity index (χ0v) is 15.8. The number of urea groups is 1. The van der Waals surface area contributed by atoms with E-state index in [1.807, 2.05) is 42.7 Å². The monoisotopic (exact) mass is 382 g/mol. The first-order valence-corrected chi connectivity index (χ1v) is 9.71. The Labute approximate surface area is 164 Å². The number of nitrogens with zero attached hydrogens (tertiary/aromatic N) is 2. The van der Waals surface area contributed by atoms with Gasteiger partial charge in [0.05, 0.1) is 0 Å². The van der Waals surface area contributed by atoms with Crippen LogP contribution in [0, 0.1) is 0 Å². The Kier molecular flexibility index (Phi) is 6.94. The number of benzene rings is 1. The van der Waals surface area contributed by atoms with Crippen LogP contribution in [0.1, 0.15) is 48.6 Å². The maximum absolute atomic E-state index is 12.2. The van der Waals surface area contributed by atoms with Crippen molar-refractivity contribution in [2.45, 2.75) is 50.5 Å². The fourth-order valence-electron chi connectivity index (χ4n) is 3.02. The predicted molar refractivity (Wildman–Crippen MR) is 105 cm³/mol. The Morgan fingerprint density at radius 3 is 2.46 bits per heavy atom. The topological polar surface area (TPSA) is 104 Å². The van der Waals surface area contributed by atoms with Crippen LogP contribution in [0.2, 0.25) is 0 Å². The molecule has 1 aliphatic rings. The number of carboxylic acids is 1. The third kappa shape index (κ3) is 6.64. The molecule has 1 unspecified atom stereocenters. The molecule has 2 aromatic rings. The van der Waals surface area contributed by atoms with Crippen LogP contribution in [0.25, 0.3) is 0 Å². The van der Waals surface area contributed by atoms with E-state index < -0.39 is 5.97 Å². The standard InChI is InChI=1S/C21H26N4O3/c26-19(27)9-8-18(12-15-4-2-1-3-5-15)25-21(28)22-11-10-16-13-23-20(24-14-16)17-6-7-17/h1-5,13-14,17-18H,6-12H2,(H,26,27)(H2,22,25,28). The number of hydrogen-bond donors (Lipinski definition) is 3. The minimum Gasteiger partial charge on any atom is -0.481 e. The van der Waals surface area contributed by atoms with Gasteiger partial charge in [0.15, 0.2) is 0 Å². The summed E-state index contributed by atoms with van der Waals surface area (Å²) in [5.41, 5.74) is 2.04. The number of hydrogen-bond acceptors (Lipinski definition) is 4. The smallest absolute Gasteiger partial charge is 0.315 e. The van der Waals surface area contributed by atoms with Crippen molar-refractivity contribution in [2.75, 3.05) is 6.54 Å². The molecular formula is C21H26N4O3. The molecule has 1 aromatic heterocycles. The summed E-state index contributed by atoms with van der Waals surface area (Å²) in [5.74, 6) is 0.580. The van der Waals surface area contributed by atoms with Gasteiger partial charge in [-0.3, -0.25) is 4.79 Å². The first-order chi connectivity index (χ1) is 13.6. The molecule has 7 nitrogen and oxygen atoms in total. The Balaban J connectivity index is 1.44. The van der Waals surface area contributed by atoms with Gasteiger partial charge in [-0.2, -0.15) is 0 Å². The first-order valence-electron chi connectivity index (χ1n) is 9.71. The van der Waals surface area contributed by atoms with E-state index >= 15 is 0 Å². The number of aliphatic carboxylic acids is 1. The van der Waals surface area contributed by atoms with E-state index in [-0.39, 0.29) is 18.5 Å². The van der Waals surface area contributed by atoms with Crippen molar-refractivity contribution >= 4 is 12.0 Å². The molecule has 1 atom stereocenters. The average Bonchev–Trinajstić information content (AvgIpc) is 3.53. The zero-order chi connectivity index (χ0) is 19.8. The van der Waals surface area contributed by atoms with Crippen molar-refractivity contribution < 1.29 is 14.7 Å². The highest BCUT2D eigenvalue weighted by Crippen LogP contribution is 2.37. The lowest BCUT2D eigenvalue weighted by Crippen LogP contribution is -2.44. The van der Waals surface area contributed by atoms with Gasteiger partial charge >= 0.3 is 12.0 Å². The molecule has 1 aliphatic carbocycles. The lowest BCUT2D eigenvalue weighted by Gasteiger charge is -2.18. The summed E-state index contributed by atoms with van der Waals surface area (Å²) >= 11 is 0. The molecule has 0 radical (unpaired) electrons. The molecule has 1 saturated carbocycles. The normalized spacial score (nSPS) is 14.3. The third-order valence-corrected chi connectivity index (χ3v) is 4.73. The highest BCUT2D eigenvalue weighted by Gasteiger charge is 2.26. The van der Waals surface area contributed by atoms with E-state index in [2.05, 4.69) is 20.6 Å². The minimum atomic E-state index is -0.866. The molecule has 3 rings (SSSR count). The van der Waals surface area contributed by atoms with Crippen molar-refractivity contribution in [1.29, 1.82) is 0 Å². The molecule has 2 amide bonds. The van der Waals surface area contributed by atoms with E-state index in [0.717, 1.165) is 17.0 Å². The fourth-order valence-corrected chi connectivity index (χ4v) is 3.02. The molecular weight excluding hydrogens is 356 g/mol. The van der Waals surface area contributed by atoms with Gasteiger partial charge in [-0.25, -0.2) is 14.8 Å². The summed E-state index contributed by atoms with van der Waals surface area (Å²) in [4.78, 5) is 31.9. The summed E-state index contributed by atoms with van der Waals surface area (Å²) in [6.45, 7) is 0.467. The van der Waals surface area contributed by atoms with Crippen molar-refractivity contribution in [3.63, 3.8) is 0 Å². The second-order valence-electron chi connectivity index (χ2n) is 7.19. The molecule has 1 fully saturated rings. The largest absolute Gasteiger partial charge is 0.481 e. The second-order valence-corrected chi connectivity index (χ2v) is 7.19. The molecule has 1 heterocycles. The van der Waals surface area contributed by atoms with Crippen LogP contribution in [0.5, 0.6) is 0 Å².